The number of hydrogen-bond donors (Lipinski definition) is 1. The molecule has 0 heterocycles. The average Bonchev–Trinajstić information content (AvgIpc) is 2.38. The maximum atomic E-state index is 12.3. The zero-order valence-electron chi connectivity index (χ0n) is 12.7. The lowest BCUT2D eigenvalue weighted by Crippen LogP contribution is -2.51. The summed E-state index contributed by atoms with van der Waals surface area (Å²) in [5.74, 6) is 0.764. The predicted octanol–water partition coefficient (Wildman–Crippen LogP) is 2.59. The molecule has 0 aliphatic carbocycles. The van der Waals surface area contributed by atoms with Gasteiger partial charge in [0.1, 0.15) is 5.75 Å². The van der Waals surface area contributed by atoms with Crippen molar-refractivity contribution in [2.24, 2.45) is 5.73 Å². The fourth-order valence-corrected chi connectivity index (χ4v) is 2.18. The van der Waals surface area contributed by atoms with E-state index < -0.39 is 5.54 Å². The maximum Gasteiger partial charge on any atom is 0.242 e. The van der Waals surface area contributed by atoms with E-state index in [-0.39, 0.29) is 18.3 Å². The van der Waals surface area contributed by atoms with Gasteiger partial charge in [-0.15, -0.1) is 12.4 Å². The molecular formula is C15H25ClN2O2. The number of amides is 1. The van der Waals surface area contributed by atoms with E-state index in [9.17, 15) is 4.79 Å². The van der Waals surface area contributed by atoms with Crippen LogP contribution >= 0.6 is 12.4 Å². The molecule has 1 unspecified atom stereocenters. The zero-order valence-corrected chi connectivity index (χ0v) is 13.5. The minimum Gasteiger partial charge on any atom is -0.497 e. The van der Waals surface area contributed by atoms with Crippen LogP contribution in [0.5, 0.6) is 5.75 Å². The van der Waals surface area contributed by atoms with Crippen LogP contribution in [0.25, 0.3) is 0 Å². The molecule has 0 spiro atoms. The molecule has 1 rings (SSSR count). The van der Waals surface area contributed by atoms with Gasteiger partial charge in [-0.3, -0.25) is 4.79 Å². The molecule has 0 fully saturated rings. The summed E-state index contributed by atoms with van der Waals surface area (Å²) in [4.78, 5) is 14.0. The summed E-state index contributed by atoms with van der Waals surface area (Å²) in [6.07, 6.45) is 1.58. The van der Waals surface area contributed by atoms with Gasteiger partial charge < -0.3 is 15.4 Å². The molecule has 1 aromatic carbocycles. The standard InChI is InChI=1S/C15H24N2O2.ClH/c1-5-9-15(2,16)14(18)17(3)11-12-7-6-8-13(10-12)19-4;/h6-8,10H,5,9,11,16H2,1-4H3;1H. The van der Waals surface area contributed by atoms with Crippen molar-refractivity contribution in [3.8, 4) is 5.75 Å². The topological polar surface area (TPSA) is 55.6 Å². The van der Waals surface area contributed by atoms with E-state index in [0.717, 1.165) is 17.7 Å². The van der Waals surface area contributed by atoms with Gasteiger partial charge in [-0.05, 0) is 31.0 Å². The molecule has 0 saturated heterocycles. The number of hydrogen-bond acceptors (Lipinski definition) is 3. The fourth-order valence-electron chi connectivity index (χ4n) is 2.18. The van der Waals surface area contributed by atoms with Gasteiger partial charge in [-0.2, -0.15) is 0 Å². The number of nitrogens with zero attached hydrogens (tertiary/aromatic N) is 1. The summed E-state index contributed by atoms with van der Waals surface area (Å²) in [5, 5.41) is 0. The third kappa shape index (κ3) is 5.02. The Morgan fingerprint density at radius 2 is 2.10 bits per heavy atom. The molecule has 4 nitrogen and oxygen atoms in total. The lowest BCUT2D eigenvalue weighted by molar-refractivity contribution is -0.135. The number of methoxy groups -OCH3 is 1. The van der Waals surface area contributed by atoms with Gasteiger partial charge in [-0.1, -0.05) is 25.5 Å². The largest absolute Gasteiger partial charge is 0.497 e. The SMILES string of the molecule is CCCC(C)(N)C(=O)N(C)Cc1cccc(OC)c1.Cl. The van der Waals surface area contributed by atoms with Crippen molar-refractivity contribution in [2.75, 3.05) is 14.2 Å². The molecule has 0 radical (unpaired) electrons. The molecule has 0 aromatic heterocycles. The highest BCUT2D eigenvalue weighted by Gasteiger charge is 2.29. The second kappa shape index (κ2) is 8.12. The third-order valence-electron chi connectivity index (χ3n) is 3.16. The number of ether oxygens (including phenoxy) is 1. The van der Waals surface area contributed by atoms with E-state index in [4.69, 9.17) is 10.5 Å². The van der Waals surface area contributed by atoms with Crippen molar-refractivity contribution >= 4 is 18.3 Å². The summed E-state index contributed by atoms with van der Waals surface area (Å²) in [7, 11) is 3.41. The number of carbonyl (C=O) groups is 1. The second-order valence-corrected chi connectivity index (χ2v) is 5.18. The number of halogens is 1. The number of likely N-dealkylation sites (N-methyl/N-ethyl adjacent to an activating group) is 1. The predicted molar refractivity (Wildman–Crippen MR) is 84.2 cm³/mol. The summed E-state index contributed by atoms with van der Waals surface area (Å²) < 4.78 is 5.17. The van der Waals surface area contributed by atoms with Crippen LogP contribution in [0.4, 0.5) is 0 Å². The minimum absolute atomic E-state index is 0. The van der Waals surface area contributed by atoms with E-state index in [0.29, 0.717) is 13.0 Å². The van der Waals surface area contributed by atoms with Crippen molar-refractivity contribution in [1.29, 1.82) is 0 Å². The smallest absolute Gasteiger partial charge is 0.242 e. The molecule has 2 N–H and O–H groups in total. The number of rotatable bonds is 6. The summed E-state index contributed by atoms with van der Waals surface area (Å²) >= 11 is 0. The van der Waals surface area contributed by atoms with Crippen LogP contribution in [0.3, 0.4) is 0 Å². The highest BCUT2D eigenvalue weighted by Crippen LogP contribution is 2.17. The molecule has 0 saturated carbocycles. The Labute approximate surface area is 127 Å². The van der Waals surface area contributed by atoms with Crippen molar-refractivity contribution < 1.29 is 9.53 Å². The first kappa shape index (κ1) is 18.7. The molecule has 0 bridgehead atoms. The third-order valence-corrected chi connectivity index (χ3v) is 3.16. The van der Waals surface area contributed by atoms with Gasteiger partial charge in [0.05, 0.1) is 12.6 Å². The summed E-state index contributed by atoms with van der Waals surface area (Å²) in [6.45, 7) is 4.36. The molecule has 20 heavy (non-hydrogen) atoms. The summed E-state index contributed by atoms with van der Waals surface area (Å²) in [6, 6.07) is 7.70. The van der Waals surface area contributed by atoms with Gasteiger partial charge in [0, 0.05) is 13.6 Å². The van der Waals surface area contributed by atoms with Gasteiger partial charge in [-0.25, -0.2) is 0 Å². The molecular weight excluding hydrogens is 276 g/mol. The van der Waals surface area contributed by atoms with Crippen LogP contribution in [-0.4, -0.2) is 30.5 Å². The van der Waals surface area contributed by atoms with E-state index in [1.54, 1.807) is 26.0 Å². The van der Waals surface area contributed by atoms with E-state index in [1.165, 1.54) is 0 Å². The maximum absolute atomic E-state index is 12.3. The van der Waals surface area contributed by atoms with E-state index in [2.05, 4.69) is 0 Å². The quantitative estimate of drug-likeness (QED) is 0.878. The molecule has 1 atom stereocenters. The van der Waals surface area contributed by atoms with E-state index >= 15 is 0 Å². The van der Waals surface area contributed by atoms with Gasteiger partial charge in [0.25, 0.3) is 0 Å². The minimum atomic E-state index is -0.789. The fraction of sp³-hybridized carbons (Fsp3) is 0.533. The van der Waals surface area contributed by atoms with Gasteiger partial charge in [0.2, 0.25) is 5.91 Å². The van der Waals surface area contributed by atoms with Gasteiger partial charge >= 0.3 is 0 Å². The monoisotopic (exact) mass is 300 g/mol. The first-order valence-corrected chi connectivity index (χ1v) is 6.58. The molecule has 1 amide bonds. The average molecular weight is 301 g/mol. The van der Waals surface area contributed by atoms with Crippen molar-refractivity contribution in [1.82, 2.24) is 4.90 Å². The van der Waals surface area contributed by atoms with Crippen LogP contribution in [-0.2, 0) is 11.3 Å². The Morgan fingerprint density at radius 1 is 1.45 bits per heavy atom. The van der Waals surface area contributed by atoms with Crippen molar-refractivity contribution in [3.63, 3.8) is 0 Å². The number of benzene rings is 1. The second-order valence-electron chi connectivity index (χ2n) is 5.18. The Morgan fingerprint density at radius 3 is 2.65 bits per heavy atom. The number of nitrogens with two attached hydrogens (primary N) is 1. The van der Waals surface area contributed by atoms with Crippen LogP contribution in [0, 0.1) is 0 Å². The number of carbonyl (C=O) groups excluding carboxylic acids is 1. The first-order chi connectivity index (χ1) is 8.90. The van der Waals surface area contributed by atoms with Crippen LogP contribution in [0.1, 0.15) is 32.3 Å². The van der Waals surface area contributed by atoms with Crippen LogP contribution in [0.15, 0.2) is 24.3 Å². The van der Waals surface area contributed by atoms with Crippen LogP contribution in [0.2, 0.25) is 0 Å². The van der Waals surface area contributed by atoms with Gasteiger partial charge in [0.15, 0.2) is 0 Å². The molecule has 1 aromatic rings. The van der Waals surface area contributed by atoms with Crippen LogP contribution < -0.4 is 10.5 Å². The lowest BCUT2D eigenvalue weighted by Gasteiger charge is -2.29. The lowest BCUT2D eigenvalue weighted by atomic mass is 9.96. The summed E-state index contributed by atoms with van der Waals surface area (Å²) in [5.41, 5.74) is 6.31. The Balaban J connectivity index is 0.00000361. The molecule has 0 aliphatic heterocycles. The molecule has 114 valence electrons. The Kier molecular flexibility index (Phi) is 7.61. The Hall–Kier alpha value is -1.26. The Bertz CT molecular complexity index is 436. The highest BCUT2D eigenvalue weighted by molar-refractivity contribution is 5.85. The van der Waals surface area contributed by atoms with E-state index in [1.807, 2.05) is 31.2 Å². The first-order valence-electron chi connectivity index (χ1n) is 6.58. The molecule has 0 aliphatic rings. The molecule has 5 heteroatoms. The highest BCUT2D eigenvalue weighted by atomic mass is 35.5. The zero-order chi connectivity index (χ0) is 14.5. The normalized spacial score (nSPS) is 13.1. The van der Waals surface area contributed by atoms with Crippen molar-refractivity contribution in [2.45, 2.75) is 38.8 Å². The van der Waals surface area contributed by atoms with Crippen molar-refractivity contribution in [3.05, 3.63) is 29.8 Å².